The van der Waals surface area contributed by atoms with Crippen molar-refractivity contribution in [1.29, 1.82) is 0 Å². The largest absolute Gasteiger partial charge is 0.467 e. The first kappa shape index (κ1) is 17.7. The number of carbonyl (C=O) groups excluding carboxylic acids is 2. The lowest BCUT2D eigenvalue weighted by molar-refractivity contribution is -0.173. The number of benzene rings is 2. The summed E-state index contributed by atoms with van der Waals surface area (Å²) in [4.78, 5) is 23.4. The molecule has 0 aliphatic heterocycles. The van der Waals surface area contributed by atoms with Gasteiger partial charge in [0.1, 0.15) is 0 Å². The summed E-state index contributed by atoms with van der Waals surface area (Å²) in [5.74, 6) is -2.24. The van der Waals surface area contributed by atoms with Crippen LogP contribution in [-0.4, -0.2) is 41.5 Å². The van der Waals surface area contributed by atoms with E-state index in [0.29, 0.717) is 11.1 Å². The molecular formula is C18H18O6. The molecule has 126 valence electrons. The molecular weight excluding hydrogens is 312 g/mol. The number of aliphatic hydroxyl groups excluding tert-OH is 2. The van der Waals surface area contributed by atoms with E-state index < -0.39 is 30.3 Å². The minimum atomic E-state index is -2.03. The minimum Gasteiger partial charge on any atom is -0.467 e. The molecule has 0 aromatic heterocycles. The van der Waals surface area contributed by atoms with E-state index in [2.05, 4.69) is 4.74 Å². The number of hydrogen-bond acceptors (Lipinski definition) is 6. The highest BCUT2D eigenvalue weighted by atomic mass is 16.6. The molecule has 0 unspecified atom stereocenters. The lowest BCUT2D eigenvalue weighted by Gasteiger charge is -2.22. The van der Waals surface area contributed by atoms with Crippen LogP contribution >= 0.6 is 0 Å². The van der Waals surface area contributed by atoms with Gasteiger partial charge in [-0.2, -0.15) is 0 Å². The van der Waals surface area contributed by atoms with Crippen LogP contribution in [0.15, 0.2) is 60.7 Å². The van der Waals surface area contributed by atoms with Crippen LogP contribution in [0.4, 0.5) is 0 Å². The molecule has 2 aromatic carbocycles. The molecule has 0 fully saturated rings. The van der Waals surface area contributed by atoms with Gasteiger partial charge >= 0.3 is 11.9 Å². The van der Waals surface area contributed by atoms with Gasteiger partial charge in [-0.1, -0.05) is 60.7 Å². The molecule has 2 N–H and O–H groups in total. The van der Waals surface area contributed by atoms with Crippen LogP contribution in [-0.2, 0) is 19.1 Å². The Hall–Kier alpha value is -2.70. The third-order valence-corrected chi connectivity index (χ3v) is 3.42. The summed E-state index contributed by atoms with van der Waals surface area (Å²) in [5, 5.41) is 19.4. The number of rotatable bonds is 6. The van der Waals surface area contributed by atoms with E-state index in [9.17, 15) is 19.8 Å². The lowest BCUT2D eigenvalue weighted by Crippen LogP contribution is -2.41. The fourth-order valence-corrected chi connectivity index (χ4v) is 2.15. The van der Waals surface area contributed by atoms with Gasteiger partial charge in [0, 0.05) is 0 Å². The standard InChI is InChI=1S/C18H18O6/c1-23-17(21)14(19)15(20)18(22)24-16(12-8-4-2-5-9-12)13-10-6-3-7-11-13/h2-11,14-16,19-20H,1H3/t14-,15-/m0/s1. The summed E-state index contributed by atoms with van der Waals surface area (Å²) in [6.07, 6.45) is -4.82. The summed E-state index contributed by atoms with van der Waals surface area (Å²) in [6.45, 7) is 0. The quantitative estimate of drug-likeness (QED) is 0.774. The van der Waals surface area contributed by atoms with E-state index in [1.165, 1.54) is 0 Å². The van der Waals surface area contributed by atoms with E-state index in [1.54, 1.807) is 48.5 Å². The van der Waals surface area contributed by atoms with Crippen molar-refractivity contribution in [3.63, 3.8) is 0 Å². The van der Waals surface area contributed by atoms with Crippen LogP contribution in [0.1, 0.15) is 17.2 Å². The van der Waals surface area contributed by atoms with Gasteiger partial charge in [-0.3, -0.25) is 0 Å². The highest BCUT2D eigenvalue weighted by Gasteiger charge is 2.34. The molecule has 0 radical (unpaired) electrons. The van der Waals surface area contributed by atoms with Crippen molar-refractivity contribution < 1.29 is 29.3 Å². The zero-order valence-electron chi connectivity index (χ0n) is 13.0. The van der Waals surface area contributed by atoms with Crippen molar-refractivity contribution >= 4 is 11.9 Å². The van der Waals surface area contributed by atoms with Crippen LogP contribution in [0, 0.1) is 0 Å². The first-order valence-electron chi connectivity index (χ1n) is 7.29. The Kier molecular flexibility index (Phi) is 6.06. The second-order valence-corrected chi connectivity index (χ2v) is 5.05. The molecule has 0 saturated carbocycles. The Balaban J connectivity index is 2.23. The average molecular weight is 330 g/mol. The molecule has 2 rings (SSSR count). The fraction of sp³-hybridized carbons (Fsp3) is 0.222. The number of carbonyl (C=O) groups is 2. The molecule has 0 spiro atoms. The average Bonchev–Trinajstić information content (AvgIpc) is 2.65. The van der Waals surface area contributed by atoms with Gasteiger partial charge in [0.15, 0.2) is 18.3 Å². The van der Waals surface area contributed by atoms with Crippen molar-refractivity contribution in [2.24, 2.45) is 0 Å². The Morgan fingerprint density at radius 3 is 1.62 bits per heavy atom. The van der Waals surface area contributed by atoms with Gasteiger partial charge in [-0.25, -0.2) is 9.59 Å². The summed E-state index contributed by atoms with van der Waals surface area (Å²) < 4.78 is 9.64. The van der Waals surface area contributed by atoms with Gasteiger partial charge in [0.05, 0.1) is 7.11 Å². The van der Waals surface area contributed by atoms with Crippen LogP contribution in [0.2, 0.25) is 0 Å². The maximum atomic E-state index is 12.1. The molecule has 0 heterocycles. The SMILES string of the molecule is COC(=O)[C@@H](O)[C@H](O)C(=O)OC(c1ccccc1)c1ccccc1. The molecule has 6 heteroatoms. The third kappa shape index (κ3) is 4.18. The second-order valence-electron chi connectivity index (χ2n) is 5.05. The smallest absolute Gasteiger partial charge is 0.339 e. The van der Waals surface area contributed by atoms with E-state index >= 15 is 0 Å². The minimum absolute atomic E-state index is 0.691. The summed E-state index contributed by atoms with van der Waals surface area (Å²) in [7, 11) is 1.04. The second kappa shape index (κ2) is 8.24. The van der Waals surface area contributed by atoms with Gasteiger partial charge in [0.25, 0.3) is 0 Å². The Labute approximate surface area is 139 Å². The number of aliphatic hydroxyl groups is 2. The van der Waals surface area contributed by atoms with Crippen molar-refractivity contribution in [1.82, 2.24) is 0 Å². The van der Waals surface area contributed by atoms with E-state index in [-0.39, 0.29) is 0 Å². The Morgan fingerprint density at radius 2 is 1.21 bits per heavy atom. The zero-order valence-corrected chi connectivity index (χ0v) is 13.0. The predicted octanol–water partition coefficient (Wildman–Crippen LogP) is 1.21. The molecule has 2 aromatic rings. The maximum Gasteiger partial charge on any atom is 0.339 e. The molecule has 24 heavy (non-hydrogen) atoms. The van der Waals surface area contributed by atoms with Crippen molar-refractivity contribution in [2.75, 3.05) is 7.11 Å². The molecule has 0 aliphatic rings. The van der Waals surface area contributed by atoms with E-state index in [1.807, 2.05) is 12.1 Å². The van der Waals surface area contributed by atoms with Crippen molar-refractivity contribution in [3.05, 3.63) is 71.8 Å². The summed E-state index contributed by atoms with van der Waals surface area (Å²) >= 11 is 0. The number of ether oxygens (including phenoxy) is 2. The van der Waals surface area contributed by atoms with Crippen molar-refractivity contribution in [2.45, 2.75) is 18.3 Å². The predicted molar refractivity (Wildman–Crippen MR) is 84.8 cm³/mol. The third-order valence-electron chi connectivity index (χ3n) is 3.42. The topological polar surface area (TPSA) is 93.1 Å². The summed E-state index contributed by atoms with van der Waals surface area (Å²) in [5.41, 5.74) is 1.38. The first-order valence-corrected chi connectivity index (χ1v) is 7.29. The number of methoxy groups -OCH3 is 1. The van der Waals surface area contributed by atoms with Gasteiger partial charge in [-0.15, -0.1) is 0 Å². The lowest BCUT2D eigenvalue weighted by atomic mass is 10.0. The van der Waals surface area contributed by atoms with E-state index in [4.69, 9.17) is 4.74 Å². The highest BCUT2D eigenvalue weighted by Crippen LogP contribution is 2.26. The van der Waals surface area contributed by atoms with Crippen molar-refractivity contribution in [3.8, 4) is 0 Å². The van der Waals surface area contributed by atoms with Crippen LogP contribution in [0.3, 0.4) is 0 Å². The Bertz CT molecular complexity index is 631. The van der Waals surface area contributed by atoms with Crippen LogP contribution < -0.4 is 0 Å². The van der Waals surface area contributed by atoms with Crippen LogP contribution in [0.25, 0.3) is 0 Å². The van der Waals surface area contributed by atoms with Gasteiger partial charge < -0.3 is 19.7 Å². The normalized spacial score (nSPS) is 13.2. The molecule has 6 nitrogen and oxygen atoms in total. The van der Waals surface area contributed by atoms with E-state index in [0.717, 1.165) is 7.11 Å². The van der Waals surface area contributed by atoms with Gasteiger partial charge in [-0.05, 0) is 11.1 Å². The number of esters is 2. The summed E-state index contributed by atoms with van der Waals surface area (Å²) in [6, 6.07) is 17.9. The first-order chi connectivity index (χ1) is 11.5. The maximum absolute atomic E-state index is 12.1. The molecule has 0 bridgehead atoms. The molecule has 0 aliphatic carbocycles. The highest BCUT2D eigenvalue weighted by molar-refractivity contribution is 5.85. The zero-order chi connectivity index (χ0) is 17.5. The van der Waals surface area contributed by atoms with Crippen LogP contribution in [0.5, 0.6) is 0 Å². The van der Waals surface area contributed by atoms with Gasteiger partial charge in [0.2, 0.25) is 0 Å². The fourth-order valence-electron chi connectivity index (χ4n) is 2.15. The monoisotopic (exact) mass is 330 g/mol. The number of hydrogen-bond donors (Lipinski definition) is 2. The molecule has 2 atom stereocenters. The molecule has 0 saturated heterocycles. The molecule has 0 amide bonds. The Morgan fingerprint density at radius 1 is 0.792 bits per heavy atom.